The van der Waals surface area contributed by atoms with Gasteiger partial charge in [0, 0.05) is 11.8 Å². The lowest BCUT2D eigenvalue weighted by Gasteiger charge is -2.04. The van der Waals surface area contributed by atoms with Crippen molar-refractivity contribution < 1.29 is 4.73 Å². The standard InChI is InChI=1S/C9H9N3O/c10-7-3-4-8(11)9-6(7)2-1-5-12(9)13/h1-5H,10-11H2. The summed E-state index contributed by atoms with van der Waals surface area (Å²) >= 11 is 0. The van der Waals surface area contributed by atoms with Gasteiger partial charge in [0.1, 0.15) is 5.69 Å². The molecule has 1 heterocycles. The van der Waals surface area contributed by atoms with Crippen molar-refractivity contribution in [3.63, 3.8) is 0 Å². The molecule has 0 fully saturated rings. The van der Waals surface area contributed by atoms with Gasteiger partial charge in [-0.15, -0.1) is 0 Å². The number of hydrogen-bond acceptors (Lipinski definition) is 3. The van der Waals surface area contributed by atoms with Gasteiger partial charge in [0.25, 0.3) is 0 Å². The molecule has 0 bridgehead atoms. The molecule has 0 unspecified atom stereocenters. The maximum absolute atomic E-state index is 11.3. The average Bonchev–Trinajstić information content (AvgIpc) is 2.12. The van der Waals surface area contributed by atoms with Crippen LogP contribution in [0.3, 0.4) is 0 Å². The summed E-state index contributed by atoms with van der Waals surface area (Å²) in [7, 11) is 0. The Morgan fingerprint density at radius 2 is 1.77 bits per heavy atom. The highest BCUT2D eigenvalue weighted by Crippen LogP contribution is 2.22. The van der Waals surface area contributed by atoms with Crippen molar-refractivity contribution in [1.29, 1.82) is 0 Å². The fourth-order valence-corrected chi connectivity index (χ4v) is 1.35. The highest BCUT2D eigenvalue weighted by atomic mass is 16.5. The first-order valence-corrected chi connectivity index (χ1v) is 3.86. The smallest absolute Gasteiger partial charge is 0.248 e. The molecule has 0 aliphatic carbocycles. The third-order valence-corrected chi connectivity index (χ3v) is 1.99. The molecule has 0 amide bonds. The molecule has 4 heteroatoms. The van der Waals surface area contributed by atoms with Crippen LogP contribution in [0.15, 0.2) is 30.5 Å². The maximum atomic E-state index is 11.3. The first-order valence-electron chi connectivity index (χ1n) is 3.86. The topological polar surface area (TPSA) is 79.0 Å². The van der Waals surface area contributed by atoms with Gasteiger partial charge in [-0.1, -0.05) is 0 Å². The van der Waals surface area contributed by atoms with Crippen molar-refractivity contribution in [3.8, 4) is 0 Å². The fourth-order valence-electron chi connectivity index (χ4n) is 1.35. The van der Waals surface area contributed by atoms with Crippen LogP contribution in [0.1, 0.15) is 0 Å². The van der Waals surface area contributed by atoms with E-state index in [4.69, 9.17) is 11.5 Å². The molecule has 0 saturated carbocycles. The number of fused-ring (bicyclic) bond motifs is 1. The third-order valence-electron chi connectivity index (χ3n) is 1.99. The first kappa shape index (κ1) is 7.67. The molecule has 2 aromatic rings. The van der Waals surface area contributed by atoms with E-state index in [-0.39, 0.29) is 0 Å². The van der Waals surface area contributed by atoms with Crippen LogP contribution in [0.4, 0.5) is 11.4 Å². The summed E-state index contributed by atoms with van der Waals surface area (Å²) in [6.07, 6.45) is 1.40. The SMILES string of the molecule is Nc1ccc(N)c2c1ccc[n+]2[O-]. The molecule has 1 aromatic carbocycles. The third kappa shape index (κ3) is 1.03. The monoisotopic (exact) mass is 175 g/mol. The van der Waals surface area contributed by atoms with Crippen molar-refractivity contribution in [2.24, 2.45) is 0 Å². The van der Waals surface area contributed by atoms with Crippen molar-refractivity contribution >= 4 is 22.3 Å². The second-order valence-corrected chi connectivity index (χ2v) is 2.84. The van der Waals surface area contributed by atoms with Gasteiger partial charge in [-0.25, -0.2) is 0 Å². The van der Waals surface area contributed by atoms with E-state index >= 15 is 0 Å². The lowest BCUT2D eigenvalue weighted by molar-refractivity contribution is -0.576. The Labute approximate surface area is 75.0 Å². The molecule has 4 nitrogen and oxygen atoms in total. The van der Waals surface area contributed by atoms with Crippen molar-refractivity contribution in [1.82, 2.24) is 0 Å². The molecular weight excluding hydrogens is 166 g/mol. The number of anilines is 2. The number of pyridine rings is 1. The number of nitrogens with zero attached hydrogens (tertiary/aromatic N) is 1. The summed E-state index contributed by atoms with van der Waals surface area (Å²) < 4.78 is 0.723. The van der Waals surface area contributed by atoms with Gasteiger partial charge in [-0.2, -0.15) is 4.73 Å². The Kier molecular flexibility index (Phi) is 1.48. The van der Waals surface area contributed by atoms with Gasteiger partial charge in [0.15, 0.2) is 6.20 Å². The summed E-state index contributed by atoms with van der Waals surface area (Å²) in [5.74, 6) is 0. The zero-order valence-electron chi connectivity index (χ0n) is 6.90. The van der Waals surface area contributed by atoms with Gasteiger partial charge >= 0.3 is 0 Å². The van der Waals surface area contributed by atoms with E-state index in [2.05, 4.69) is 0 Å². The van der Waals surface area contributed by atoms with E-state index in [1.807, 2.05) is 0 Å². The average molecular weight is 175 g/mol. The Morgan fingerprint density at radius 1 is 1.08 bits per heavy atom. The minimum Gasteiger partial charge on any atom is -0.618 e. The summed E-state index contributed by atoms with van der Waals surface area (Å²) in [5.41, 5.74) is 12.8. The maximum Gasteiger partial charge on any atom is 0.248 e. The number of rotatable bonds is 0. The lowest BCUT2D eigenvalue weighted by atomic mass is 10.1. The van der Waals surface area contributed by atoms with Crippen molar-refractivity contribution in [3.05, 3.63) is 35.7 Å². The van der Waals surface area contributed by atoms with Gasteiger partial charge in [0.05, 0.1) is 5.39 Å². The molecule has 0 atom stereocenters. The zero-order valence-corrected chi connectivity index (χ0v) is 6.90. The van der Waals surface area contributed by atoms with Crippen LogP contribution < -0.4 is 16.2 Å². The summed E-state index contributed by atoms with van der Waals surface area (Å²) in [5, 5.41) is 12.0. The van der Waals surface area contributed by atoms with Crippen LogP contribution >= 0.6 is 0 Å². The second-order valence-electron chi connectivity index (χ2n) is 2.84. The minimum atomic E-state index is 0.433. The molecule has 0 saturated heterocycles. The van der Waals surface area contributed by atoms with Crippen LogP contribution in [0, 0.1) is 5.21 Å². The largest absolute Gasteiger partial charge is 0.618 e. The van der Waals surface area contributed by atoms with E-state index < -0.39 is 0 Å². The minimum absolute atomic E-state index is 0.433. The predicted octanol–water partition coefficient (Wildman–Crippen LogP) is 0.638. The summed E-state index contributed by atoms with van der Waals surface area (Å²) in [6, 6.07) is 6.74. The Morgan fingerprint density at radius 3 is 2.46 bits per heavy atom. The number of nitrogen functional groups attached to an aromatic ring is 2. The molecule has 0 aliphatic heterocycles. The van der Waals surface area contributed by atoms with Crippen LogP contribution in [0.5, 0.6) is 0 Å². The van der Waals surface area contributed by atoms with E-state index in [0.717, 1.165) is 4.73 Å². The summed E-state index contributed by atoms with van der Waals surface area (Å²) in [4.78, 5) is 0. The Balaban J connectivity index is 3.00. The van der Waals surface area contributed by atoms with Crippen LogP contribution in [-0.4, -0.2) is 0 Å². The summed E-state index contributed by atoms with van der Waals surface area (Å²) in [6.45, 7) is 0. The van der Waals surface area contributed by atoms with E-state index in [1.54, 1.807) is 24.3 Å². The molecule has 0 radical (unpaired) electrons. The predicted molar refractivity (Wildman–Crippen MR) is 51.7 cm³/mol. The van der Waals surface area contributed by atoms with Gasteiger partial charge < -0.3 is 16.7 Å². The second kappa shape index (κ2) is 2.52. The molecule has 4 N–H and O–H groups in total. The number of nitrogens with two attached hydrogens (primary N) is 2. The van der Waals surface area contributed by atoms with Gasteiger partial charge in [0.2, 0.25) is 5.52 Å². The van der Waals surface area contributed by atoms with Crippen molar-refractivity contribution in [2.75, 3.05) is 11.5 Å². The molecule has 66 valence electrons. The molecule has 0 aliphatic rings. The van der Waals surface area contributed by atoms with Gasteiger partial charge in [-0.3, -0.25) is 0 Å². The molecule has 0 spiro atoms. The normalized spacial score (nSPS) is 10.5. The highest BCUT2D eigenvalue weighted by Gasteiger charge is 2.08. The molecule has 2 rings (SSSR count). The number of benzene rings is 1. The first-order chi connectivity index (χ1) is 6.20. The van der Waals surface area contributed by atoms with Crippen LogP contribution in [0.25, 0.3) is 10.9 Å². The van der Waals surface area contributed by atoms with Crippen LogP contribution in [-0.2, 0) is 0 Å². The fraction of sp³-hybridized carbons (Fsp3) is 0. The van der Waals surface area contributed by atoms with E-state index in [9.17, 15) is 5.21 Å². The molecule has 13 heavy (non-hydrogen) atoms. The Bertz CT molecular complexity index is 459. The van der Waals surface area contributed by atoms with E-state index in [0.29, 0.717) is 22.3 Å². The lowest BCUT2D eigenvalue weighted by Crippen LogP contribution is -2.27. The van der Waals surface area contributed by atoms with E-state index in [1.165, 1.54) is 6.20 Å². The molecular formula is C9H9N3O. The molecule has 1 aromatic heterocycles. The van der Waals surface area contributed by atoms with Crippen LogP contribution in [0.2, 0.25) is 0 Å². The Hall–Kier alpha value is -1.97. The zero-order chi connectivity index (χ0) is 9.42. The van der Waals surface area contributed by atoms with Crippen molar-refractivity contribution in [2.45, 2.75) is 0 Å². The number of hydrogen-bond donors (Lipinski definition) is 2. The highest BCUT2D eigenvalue weighted by molar-refractivity contribution is 5.95. The number of aromatic nitrogens is 1. The quantitative estimate of drug-likeness (QED) is 0.350. The van der Waals surface area contributed by atoms with Gasteiger partial charge in [-0.05, 0) is 18.2 Å².